The first-order chi connectivity index (χ1) is 12.9. The minimum Gasteiger partial charge on any atom is -0.496 e. The molecule has 27 heavy (non-hydrogen) atoms. The molecule has 1 aromatic carbocycles. The van der Waals surface area contributed by atoms with Gasteiger partial charge >= 0.3 is 5.88 Å². The molecule has 1 aliphatic heterocycles. The van der Waals surface area contributed by atoms with Gasteiger partial charge in [-0.2, -0.15) is 5.01 Å². The molecule has 1 fully saturated rings. The van der Waals surface area contributed by atoms with Gasteiger partial charge in [0.1, 0.15) is 16.4 Å². The fourth-order valence-corrected chi connectivity index (χ4v) is 3.36. The average molecular weight is 405 g/mol. The molecule has 11 heteroatoms. The van der Waals surface area contributed by atoms with E-state index in [-0.39, 0.29) is 20.5 Å². The highest BCUT2D eigenvalue weighted by atomic mass is 32.2. The first-order valence-electron chi connectivity index (χ1n) is 7.37. The number of nitrogens with zero attached hydrogens (tertiary/aromatic N) is 2. The number of furan rings is 1. The summed E-state index contributed by atoms with van der Waals surface area (Å²) in [5.74, 6) is -1.12. The first-order valence-corrected chi connectivity index (χ1v) is 8.59. The molecule has 2 aromatic rings. The standard InChI is InChI=1S/C16H11N3O6S2/c1-24-11-5-3-2-4-10(11)14(20)17-18-15(21)12(27-16(18)26)8-9-6-7-13(25-9)19(22)23/h2-8H,1H3,(H,17,20)/b12-8+. The van der Waals surface area contributed by atoms with Gasteiger partial charge in [0.25, 0.3) is 11.8 Å². The summed E-state index contributed by atoms with van der Waals surface area (Å²) in [7, 11) is 1.43. The number of nitrogens with one attached hydrogen (secondary N) is 1. The van der Waals surface area contributed by atoms with E-state index in [1.165, 1.54) is 25.3 Å². The smallest absolute Gasteiger partial charge is 0.433 e. The van der Waals surface area contributed by atoms with Gasteiger partial charge in [0.15, 0.2) is 4.32 Å². The molecule has 0 atom stereocenters. The zero-order valence-corrected chi connectivity index (χ0v) is 15.3. The lowest BCUT2D eigenvalue weighted by molar-refractivity contribution is -0.402. The van der Waals surface area contributed by atoms with Crippen molar-refractivity contribution in [2.75, 3.05) is 7.11 Å². The minimum atomic E-state index is -0.684. The third kappa shape index (κ3) is 3.83. The zero-order chi connectivity index (χ0) is 19.6. The van der Waals surface area contributed by atoms with E-state index in [1.54, 1.807) is 24.3 Å². The molecule has 3 rings (SSSR count). The van der Waals surface area contributed by atoms with Crippen LogP contribution in [0, 0.1) is 10.1 Å². The minimum absolute atomic E-state index is 0.107. The first kappa shape index (κ1) is 18.6. The Morgan fingerprint density at radius 3 is 2.78 bits per heavy atom. The Bertz CT molecular complexity index is 984. The summed E-state index contributed by atoms with van der Waals surface area (Å²) in [5.41, 5.74) is 2.67. The number of methoxy groups -OCH3 is 1. The van der Waals surface area contributed by atoms with Crippen molar-refractivity contribution < 1.29 is 23.7 Å². The summed E-state index contributed by atoms with van der Waals surface area (Å²) >= 11 is 6.06. The monoisotopic (exact) mass is 405 g/mol. The second kappa shape index (κ2) is 7.60. The molecule has 1 aromatic heterocycles. The Balaban J connectivity index is 1.78. The van der Waals surface area contributed by atoms with Crippen molar-refractivity contribution in [1.29, 1.82) is 0 Å². The number of ether oxygens (including phenoxy) is 1. The molecular formula is C16H11N3O6S2. The third-order valence-electron chi connectivity index (χ3n) is 3.42. The summed E-state index contributed by atoms with van der Waals surface area (Å²) in [6, 6.07) is 9.06. The van der Waals surface area contributed by atoms with Gasteiger partial charge in [0.05, 0.1) is 23.6 Å². The summed E-state index contributed by atoms with van der Waals surface area (Å²) in [6.07, 6.45) is 1.32. The van der Waals surface area contributed by atoms with Gasteiger partial charge in [-0.3, -0.25) is 25.1 Å². The number of hydrazine groups is 1. The van der Waals surface area contributed by atoms with Crippen molar-refractivity contribution in [1.82, 2.24) is 10.4 Å². The van der Waals surface area contributed by atoms with Gasteiger partial charge in [-0.15, -0.1) is 0 Å². The molecular weight excluding hydrogens is 394 g/mol. The fourth-order valence-electron chi connectivity index (χ4n) is 2.21. The largest absolute Gasteiger partial charge is 0.496 e. The molecule has 2 amide bonds. The van der Waals surface area contributed by atoms with Crippen LogP contribution >= 0.6 is 24.0 Å². The maximum absolute atomic E-state index is 12.5. The van der Waals surface area contributed by atoms with E-state index in [2.05, 4.69) is 5.43 Å². The summed E-state index contributed by atoms with van der Waals surface area (Å²) in [5, 5.41) is 11.6. The van der Waals surface area contributed by atoms with Gasteiger partial charge in [-0.1, -0.05) is 23.9 Å². The van der Waals surface area contributed by atoms with E-state index in [0.717, 1.165) is 16.8 Å². The van der Waals surface area contributed by atoms with Crippen molar-refractivity contribution in [2.24, 2.45) is 0 Å². The Hall–Kier alpha value is -3.18. The number of thioether (sulfide) groups is 1. The molecule has 0 aliphatic carbocycles. The normalized spacial score (nSPS) is 15.3. The van der Waals surface area contributed by atoms with E-state index in [1.807, 2.05) is 0 Å². The summed E-state index contributed by atoms with van der Waals surface area (Å²) < 4.78 is 10.2. The lowest BCUT2D eigenvalue weighted by Crippen LogP contribution is -2.44. The van der Waals surface area contributed by atoms with Crippen molar-refractivity contribution in [3.63, 3.8) is 0 Å². The number of para-hydroxylation sites is 1. The Labute approximate surface area is 162 Å². The van der Waals surface area contributed by atoms with Gasteiger partial charge in [0, 0.05) is 6.08 Å². The van der Waals surface area contributed by atoms with E-state index < -0.39 is 22.6 Å². The van der Waals surface area contributed by atoms with Crippen LogP contribution in [0.25, 0.3) is 6.08 Å². The number of benzene rings is 1. The molecule has 0 unspecified atom stereocenters. The topological polar surface area (TPSA) is 115 Å². The number of thiocarbonyl (C=S) groups is 1. The van der Waals surface area contributed by atoms with E-state index >= 15 is 0 Å². The molecule has 1 aliphatic rings. The molecule has 0 radical (unpaired) electrons. The van der Waals surface area contributed by atoms with Crippen molar-refractivity contribution >= 4 is 52.1 Å². The Kier molecular flexibility index (Phi) is 5.23. The maximum atomic E-state index is 12.5. The average Bonchev–Trinajstić information content (AvgIpc) is 3.22. The number of rotatable bonds is 5. The predicted molar refractivity (Wildman–Crippen MR) is 101 cm³/mol. The molecule has 9 nitrogen and oxygen atoms in total. The Morgan fingerprint density at radius 1 is 1.37 bits per heavy atom. The van der Waals surface area contributed by atoms with Crippen LogP contribution < -0.4 is 10.2 Å². The van der Waals surface area contributed by atoms with Crippen LogP contribution in [0.1, 0.15) is 16.1 Å². The molecule has 0 spiro atoms. The molecule has 0 bridgehead atoms. The number of amides is 2. The van der Waals surface area contributed by atoms with Crippen LogP contribution in [0.5, 0.6) is 5.75 Å². The van der Waals surface area contributed by atoms with Crippen molar-refractivity contribution in [3.05, 3.63) is 62.7 Å². The Morgan fingerprint density at radius 2 is 2.11 bits per heavy atom. The molecule has 0 saturated carbocycles. The van der Waals surface area contributed by atoms with Crippen molar-refractivity contribution in [3.8, 4) is 5.75 Å². The highest BCUT2D eigenvalue weighted by Crippen LogP contribution is 2.32. The third-order valence-corrected chi connectivity index (χ3v) is 4.73. The van der Waals surface area contributed by atoms with Crippen LogP contribution in [-0.2, 0) is 4.79 Å². The number of hydrogen-bond acceptors (Lipinski definition) is 8. The van der Waals surface area contributed by atoms with Crippen molar-refractivity contribution in [2.45, 2.75) is 0 Å². The van der Waals surface area contributed by atoms with Crippen LogP contribution in [0.3, 0.4) is 0 Å². The van der Waals surface area contributed by atoms with Gasteiger partial charge in [-0.05, 0) is 30.4 Å². The summed E-state index contributed by atoms with van der Waals surface area (Å²) in [6.45, 7) is 0. The molecule has 2 heterocycles. The molecule has 138 valence electrons. The quantitative estimate of drug-likeness (QED) is 0.349. The highest BCUT2D eigenvalue weighted by Gasteiger charge is 2.34. The number of carbonyl (C=O) groups is 2. The van der Waals surface area contributed by atoms with Gasteiger partial charge in [0.2, 0.25) is 0 Å². The van der Waals surface area contributed by atoms with Gasteiger partial charge < -0.3 is 9.15 Å². The number of carbonyl (C=O) groups excluding carboxylic acids is 2. The molecule has 1 saturated heterocycles. The lowest BCUT2D eigenvalue weighted by Gasteiger charge is -2.16. The highest BCUT2D eigenvalue weighted by molar-refractivity contribution is 8.26. The predicted octanol–water partition coefficient (Wildman–Crippen LogP) is 2.74. The van der Waals surface area contributed by atoms with Crippen LogP contribution in [0.2, 0.25) is 0 Å². The maximum Gasteiger partial charge on any atom is 0.433 e. The van der Waals surface area contributed by atoms with E-state index in [0.29, 0.717) is 5.75 Å². The van der Waals surface area contributed by atoms with Crippen LogP contribution in [0.4, 0.5) is 5.88 Å². The second-order valence-electron chi connectivity index (χ2n) is 5.09. The SMILES string of the molecule is COc1ccccc1C(=O)NN1C(=O)/C(=C\c2ccc([N+](=O)[O-])o2)SC1=S. The molecule has 1 N–H and O–H groups in total. The lowest BCUT2D eigenvalue weighted by atomic mass is 10.2. The van der Waals surface area contributed by atoms with E-state index in [4.69, 9.17) is 21.4 Å². The second-order valence-corrected chi connectivity index (χ2v) is 6.77. The fraction of sp³-hybridized carbons (Fsp3) is 0.0625. The number of nitro groups is 1. The van der Waals surface area contributed by atoms with Crippen LogP contribution in [-0.4, -0.2) is 33.2 Å². The van der Waals surface area contributed by atoms with Gasteiger partial charge in [-0.25, -0.2) is 0 Å². The van der Waals surface area contributed by atoms with E-state index in [9.17, 15) is 19.7 Å². The number of hydrogen-bond donors (Lipinski definition) is 1. The zero-order valence-electron chi connectivity index (χ0n) is 13.7. The summed E-state index contributed by atoms with van der Waals surface area (Å²) in [4.78, 5) is 35.1. The van der Waals surface area contributed by atoms with Crippen LogP contribution in [0.15, 0.2) is 45.7 Å².